The Morgan fingerprint density at radius 1 is 0.878 bits per heavy atom. The van der Waals surface area contributed by atoms with Crippen molar-refractivity contribution in [2.75, 3.05) is 0 Å². The smallest absolute Gasteiger partial charge is 0.327 e. The van der Waals surface area contributed by atoms with Gasteiger partial charge in [0.05, 0.1) is 16.9 Å². The minimum Gasteiger partial charge on any atom is -0.415 e. The van der Waals surface area contributed by atoms with E-state index in [-0.39, 0.29) is 6.03 Å². The number of benzene rings is 2. The highest BCUT2D eigenvalue weighted by atomic mass is 32.1. The molecule has 8 nitrogen and oxygen atoms in total. The summed E-state index contributed by atoms with van der Waals surface area (Å²) in [4.78, 5) is 25.3. The number of nitriles is 1. The number of rotatable bonds is 6. The standard InChI is InChI=1S/C17H18N4OS.C14H14N2OS/c1-12-4-6-13(7-5-12)15-19-14(10-23-15)17(2,3)20-16(22)21-9-8-18-11-21;1-10-4-6-11(7-5-10)13-16-12(8-18-13)14(2,3)17-9-15/h4-11H,1-3H3,(H,20,22);4-8H,1-3H3. The lowest BCUT2D eigenvalue weighted by atomic mass is 10.0. The Labute approximate surface area is 248 Å². The number of imidazole rings is 1. The summed E-state index contributed by atoms with van der Waals surface area (Å²) in [6, 6.07) is 16.3. The van der Waals surface area contributed by atoms with Crippen molar-refractivity contribution in [2.24, 2.45) is 0 Å². The van der Waals surface area contributed by atoms with Gasteiger partial charge in [-0.15, -0.1) is 22.7 Å². The van der Waals surface area contributed by atoms with E-state index in [1.54, 1.807) is 41.3 Å². The maximum Gasteiger partial charge on any atom is 0.327 e. The maximum absolute atomic E-state index is 12.2. The molecular formula is C31H32N6O2S2. The monoisotopic (exact) mass is 584 g/mol. The van der Waals surface area contributed by atoms with Gasteiger partial charge < -0.3 is 10.1 Å². The minimum atomic E-state index is -0.672. The third-order valence-electron chi connectivity index (χ3n) is 6.32. The van der Waals surface area contributed by atoms with E-state index in [1.165, 1.54) is 22.0 Å². The lowest BCUT2D eigenvalue weighted by Crippen LogP contribution is -2.43. The molecule has 41 heavy (non-hydrogen) atoms. The summed E-state index contributed by atoms with van der Waals surface area (Å²) in [5, 5.41) is 17.4. The molecule has 0 fully saturated rings. The van der Waals surface area contributed by atoms with Gasteiger partial charge in [0.1, 0.15) is 16.3 Å². The molecule has 2 aromatic carbocycles. The predicted octanol–water partition coefficient (Wildman–Crippen LogP) is 7.66. The Morgan fingerprint density at radius 2 is 1.39 bits per heavy atom. The van der Waals surface area contributed by atoms with Crippen molar-refractivity contribution in [1.29, 1.82) is 5.26 Å². The molecule has 0 atom stereocenters. The van der Waals surface area contributed by atoms with Gasteiger partial charge in [0.25, 0.3) is 6.26 Å². The van der Waals surface area contributed by atoms with Crippen LogP contribution in [0.3, 0.4) is 0 Å². The average molecular weight is 585 g/mol. The van der Waals surface area contributed by atoms with Crippen molar-refractivity contribution < 1.29 is 9.53 Å². The van der Waals surface area contributed by atoms with Crippen LogP contribution in [-0.4, -0.2) is 25.6 Å². The lowest BCUT2D eigenvalue weighted by Gasteiger charge is -2.24. The fourth-order valence-corrected chi connectivity index (χ4v) is 5.69. The van der Waals surface area contributed by atoms with Crippen molar-refractivity contribution in [3.05, 3.63) is 101 Å². The first-order chi connectivity index (χ1) is 19.5. The number of ether oxygens (including phenoxy) is 1. The van der Waals surface area contributed by atoms with Crippen molar-refractivity contribution >= 4 is 28.7 Å². The molecule has 210 valence electrons. The summed E-state index contributed by atoms with van der Waals surface area (Å²) in [6.45, 7) is 11.7. The number of aryl methyl sites for hydroxylation is 2. The van der Waals surface area contributed by atoms with Crippen LogP contribution in [0, 0.1) is 25.4 Å². The van der Waals surface area contributed by atoms with E-state index in [9.17, 15) is 4.79 Å². The summed E-state index contributed by atoms with van der Waals surface area (Å²) in [5.41, 5.74) is 5.00. The molecule has 0 spiro atoms. The first-order valence-corrected chi connectivity index (χ1v) is 14.7. The molecule has 1 N–H and O–H groups in total. The number of amides is 1. The van der Waals surface area contributed by atoms with Gasteiger partial charge in [-0.25, -0.2) is 19.7 Å². The molecule has 0 aliphatic rings. The number of thiazole rings is 2. The highest BCUT2D eigenvalue weighted by molar-refractivity contribution is 7.13. The Bertz CT molecular complexity index is 1630. The Hall–Kier alpha value is -4.33. The van der Waals surface area contributed by atoms with Gasteiger partial charge in [-0.3, -0.25) is 4.57 Å². The third-order valence-corrected chi connectivity index (χ3v) is 8.10. The van der Waals surface area contributed by atoms with Crippen LogP contribution in [0.15, 0.2) is 78.0 Å². The van der Waals surface area contributed by atoms with Crippen molar-refractivity contribution in [3.63, 3.8) is 0 Å². The lowest BCUT2D eigenvalue weighted by molar-refractivity contribution is 0.0665. The van der Waals surface area contributed by atoms with Crippen LogP contribution in [-0.2, 0) is 15.9 Å². The molecule has 0 radical (unpaired) electrons. The van der Waals surface area contributed by atoms with E-state index >= 15 is 0 Å². The zero-order chi connectivity index (χ0) is 29.6. The molecule has 10 heteroatoms. The van der Waals surface area contributed by atoms with Gasteiger partial charge in [0.15, 0.2) is 5.60 Å². The van der Waals surface area contributed by atoms with Crippen LogP contribution in [0.4, 0.5) is 4.79 Å². The Kier molecular flexibility index (Phi) is 9.01. The fourth-order valence-electron chi connectivity index (χ4n) is 3.71. The summed E-state index contributed by atoms with van der Waals surface area (Å²) >= 11 is 3.14. The second-order valence-electron chi connectivity index (χ2n) is 10.5. The van der Waals surface area contributed by atoms with Gasteiger partial charge in [0, 0.05) is 34.3 Å². The highest BCUT2D eigenvalue weighted by Crippen LogP contribution is 2.31. The molecule has 0 aliphatic heterocycles. The maximum atomic E-state index is 12.2. The number of carbonyl (C=O) groups is 1. The zero-order valence-electron chi connectivity index (χ0n) is 23.9. The average Bonchev–Trinajstić information content (AvgIpc) is 3.72. The first-order valence-electron chi connectivity index (χ1n) is 12.9. The molecule has 0 saturated heterocycles. The van der Waals surface area contributed by atoms with Crippen molar-refractivity contribution in [1.82, 2.24) is 24.8 Å². The second-order valence-corrected chi connectivity index (χ2v) is 12.3. The summed E-state index contributed by atoms with van der Waals surface area (Å²) in [5.74, 6) is 0. The summed E-state index contributed by atoms with van der Waals surface area (Å²) < 4.78 is 6.45. The van der Waals surface area contributed by atoms with E-state index < -0.39 is 11.1 Å². The summed E-state index contributed by atoms with van der Waals surface area (Å²) in [7, 11) is 0. The molecule has 3 aromatic heterocycles. The molecule has 0 saturated carbocycles. The predicted molar refractivity (Wildman–Crippen MR) is 163 cm³/mol. The van der Waals surface area contributed by atoms with Crippen LogP contribution >= 0.6 is 22.7 Å². The second kappa shape index (κ2) is 12.5. The molecule has 0 bridgehead atoms. The van der Waals surface area contributed by atoms with Gasteiger partial charge in [-0.05, 0) is 41.5 Å². The van der Waals surface area contributed by atoms with Crippen LogP contribution in [0.2, 0.25) is 0 Å². The topological polar surface area (TPSA) is 106 Å². The molecule has 0 aliphatic carbocycles. The number of hydrogen-bond acceptors (Lipinski definition) is 8. The highest BCUT2D eigenvalue weighted by Gasteiger charge is 2.27. The quantitative estimate of drug-likeness (QED) is 0.205. The molecular weight excluding hydrogens is 553 g/mol. The number of hydrogen-bond donors (Lipinski definition) is 1. The fraction of sp³-hybridized carbons (Fsp3) is 0.258. The van der Waals surface area contributed by atoms with Gasteiger partial charge in [-0.2, -0.15) is 5.26 Å². The van der Waals surface area contributed by atoms with Gasteiger partial charge >= 0.3 is 6.03 Å². The van der Waals surface area contributed by atoms with Crippen LogP contribution in [0.5, 0.6) is 0 Å². The summed E-state index contributed by atoms with van der Waals surface area (Å²) in [6.07, 6.45) is 6.39. The van der Waals surface area contributed by atoms with E-state index in [2.05, 4.69) is 77.7 Å². The van der Waals surface area contributed by atoms with Crippen molar-refractivity contribution in [2.45, 2.75) is 52.7 Å². The van der Waals surface area contributed by atoms with Crippen LogP contribution in [0.1, 0.15) is 50.2 Å². The molecule has 1 amide bonds. The largest absolute Gasteiger partial charge is 0.415 e. The van der Waals surface area contributed by atoms with E-state index in [1.807, 2.05) is 38.5 Å². The van der Waals surface area contributed by atoms with Crippen LogP contribution in [0.25, 0.3) is 21.1 Å². The number of aromatic nitrogens is 4. The van der Waals surface area contributed by atoms with E-state index in [0.29, 0.717) is 0 Å². The Balaban J connectivity index is 0.000000195. The van der Waals surface area contributed by atoms with Gasteiger partial charge in [-0.1, -0.05) is 59.7 Å². The van der Waals surface area contributed by atoms with Crippen LogP contribution < -0.4 is 5.32 Å². The third kappa shape index (κ3) is 7.45. The zero-order valence-corrected chi connectivity index (χ0v) is 25.5. The number of nitrogens with zero attached hydrogens (tertiary/aromatic N) is 5. The van der Waals surface area contributed by atoms with Crippen molar-refractivity contribution in [3.8, 4) is 27.4 Å². The normalized spacial score (nSPS) is 11.2. The molecule has 5 aromatic rings. The first kappa shape index (κ1) is 29.6. The number of carbonyl (C=O) groups excluding carboxylic acids is 1. The molecule has 0 unspecified atom stereocenters. The Morgan fingerprint density at radius 3 is 1.88 bits per heavy atom. The number of nitrogens with one attached hydrogen (secondary N) is 1. The molecule has 5 rings (SSSR count). The van der Waals surface area contributed by atoms with E-state index in [0.717, 1.165) is 32.5 Å². The van der Waals surface area contributed by atoms with E-state index in [4.69, 9.17) is 15.0 Å². The minimum absolute atomic E-state index is 0.225. The van der Waals surface area contributed by atoms with Gasteiger partial charge in [0.2, 0.25) is 0 Å². The SMILES string of the molecule is Cc1ccc(-c2nc(C(C)(C)NC(=O)n3ccnc3)cs2)cc1.Cc1ccc(-c2nc(C(C)(C)OC#N)cs2)cc1. The molecule has 3 heterocycles.